The van der Waals surface area contributed by atoms with Crippen molar-refractivity contribution in [1.29, 1.82) is 0 Å². The Balaban J connectivity index is 1.80. The quantitative estimate of drug-likeness (QED) is 0.873. The van der Waals surface area contributed by atoms with Crippen molar-refractivity contribution in [2.45, 2.75) is 45.7 Å². The fraction of sp³-hybridized carbons (Fsp3) is 0.692. The molecule has 4 nitrogen and oxygen atoms in total. The average molecular weight is 267 g/mol. The van der Waals surface area contributed by atoms with E-state index in [1.165, 1.54) is 4.88 Å². The molecule has 0 spiro atoms. The molecule has 2 heterocycles. The van der Waals surface area contributed by atoms with Gasteiger partial charge in [-0.2, -0.15) is 0 Å². The van der Waals surface area contributed by atoms with E-state index in [0.29, 0.717) is 12.6 Å². The van der Waals surface area contributed by atoms with Crippen molar-refractivity contribution >= 4 is 17.2 Å². The number of aromatic nitrogens is 1. The Morgan fingerprint density at radius 1 is 1.67 bits per heavy atom. The molecular formula is C13H21N3OS. The Kier molecular flexibility index (Phi) is 4.72. The standard InChI is InChI=1S/C13H21N3OS/c1-3-11-7-15-12(18-11)8-16-13(17)10-4-5-14-9(2)6-10/h7,9-10,14H,3-6,8H2,1-2H3,(H,16,17)/t9-,10-/m0/s1. The van der Waals surface area contributed by atoms with E-state index < -0.39 is 0 Å². The van der Waals surface area contributed by atoms with Gasteiger partial charge >= 0.3 is 0 Å². The normalized spacial score (nSPS) is 23.9. The molecule has 1 saturated heterocycles. The van der Waals surface area contributed by atoms with Crippen molar-refractivity contribution in [3.05, 3.63) is 16.1 Å². The fourth-order valence-corrected chi connectivity index (χ4v) is 3.07. The number of carbonyl (C=O) groups excluding carboxylic acids is 1. The lowest BCUT2D eigenvalue weighted by molar-refractivity contribution is -0.126. The predicted octanol–water partition coefficient (Wildman–Crippen LogP) is 1.71. The average Bonchev–Trinajstić information content (AvgIpc) is 2.84. The lowest BCUT2D eigenvalue weighted by Gasteiger charge is -2.26. The summed E-state index contributed by atoms with van der Waals surface area (Å²) in [6.45, 7) is 5.76. The molecule has 0 unspecified atom stereocenters. The number of rotatable bonds is 4. The van der Waals surface area contributed by atoms with Crippen LogP contribution in [0, 0.1) is 5.92 Å². The molecule has 0 radical (unpaired) electrons. The summed E-state index contributed by atoms with van der Waals surface area (Å²) in [6, 6.07) is 0.445. The molecule has 2 rings (SSSR count). The van der Waals surface area contributed by atoms with E-state index in [-0.39, 0.29) is 11.8 Å². The summed E-state index contributed by atoms with van der Waals surface area (Å²) in [6.07, 6.45) is 4.79. The molecule has 1 aliphatic rings. The smallest absolute Gasteiger partial charge is 0.223 e. The second-order valence-corrected chi connectivity index (χ2v) is 6.07. The molecule has 0 aliphatic carbocycles. The summed E-state index contributed by atoms with van der Waals surface area (Å²) in [5, 5.41) is 7.37. The van der Waals surface area contributed by atoms with Crippen LogP contribution in [0.2, 0.25) is 0 Å². The zero-order valence-corrected chi connectivity index (χ0v) is 11.8. The fourth-order valence-electron chi connectivity index (χ4n) is 2.27. The summed E-state index contributed by atoms with van der Waals surface area (Å²) in [7, 11) is 0. The molecule has 100 valence electrons. The number of amides is 1. The number of nitrogens with zero attached hydrogens (tertiary/aromatic N) is 1. The van der Waals surface area contributed by atoms with Gasteiger partial charge in [-0.1, -0.05) is 6.92 Å². The van der Waals surface area contributed by atoms with Gasteiger partial charge in [0, 0.05) is 23.0 Å². The molecule has 2 N–H and O–H groups in total. The minimum Gasteiger partial charge on any atom is -0.349 e. The third kappa shape index (κ3) is 3.53. The second-order valence-electron chi connectivity index (χ2n) is 4.87. The highest BCUT2D eigenvalue weighted by Gasteiger charge is 2.24. The first-order valence-corrected chi connectivity index (χ1v) is 7.45. The number of piperidine rings is 1. The lowest BCUT2D eigenvalue weighted by atomic mass is 9.92. The van der Waals surface area contributed by atoms with E-state index >= 15 is 0 Å². The molecular weight excluding hydrogens is 246 g/mol. The Morgan fingerprint density at radius 3 is 3.17 bits per heavy atom. The van der Waals surface area contributed by atoms with E-state index in [1.54, 1.807) is 11.3 Å². The summed E-state index contributed by atoms with van der Waals surface area (Å²) < 4.78 is 0. The highest BCUT2D eigenvalue weighted by Crippen LogP contribution is 2.17. The molecule has 18 heavy (non-hydrogen) atoms. The van der Waals surface area contributed by atoms with Gasteiger partial charge in [0.1, 0.15) is 5.01 Å². The number of carbonyl (C=O) groups is 1. The van der Waals surface area contributed by atoms with Crippen LogP contribution < -0.4 is 10.6 Å². The number of nitrogens with one attached hydrogen (secondary N) is 2. The first-order valence-electron chi connectivity index (χ1n) is 6.63. The van der Waals surface area contributed by atoms with Crippen LogP contribution in [0.3, 0.4) is 0 Å². The molecule has 1 fully saturated rings. The molecule has 0 saturated carbocycles. The van der Waals surface area contributed by atoms with Crippen molar-refractivity contribution in [2.75, 3.05) is 6.54 Å². The first-order chi connectivity index (χ1) is 8.69. The van der Waals surface area contributed by atoms with Gasteiger partial charge in [-0.25, -0.2) is 4.98 Å². The van der Waals surface area contributed by atoms with Crippen LogP contribution in [-0.4, -0.2) is 23.5 Å². The van der Waals surface area contributed by atoms with Gasteiger partial charge in [0.05, 0.1) is 6.54 Å². The minimum atomic E-state index is 0.159. The Labute approximate surface area is 112 Å². The van der Waals surface area contributed by atoms with Gasteiger partial charge in [0.25, 0.3) is 0 Å². The van der Waals surface area contributed by atoms with Crippen LogP contribution in [0.4, 0.5) is 0 Å². The molecule has 1 aromatic rings. The summed E-state index contributed by atoms with van der Waals surface area (Å²) >= 11 is 1.68. The third-order valence-electron chi connectivity index (χ3n) is 3.36. The topological polar surface area (TPSA) is 54.0 Å². The molecule has 0 bridgehead atoms. The molecule has 1 amide bonds. The monoisotopic (exact) mass is 267 g/mol. The van der Waals surface area contributed by atoms with Crippen molar-refractivity contribution in [1.82, 2.24) is 15.6 Å². The van der Waals surface area contributed by atoms with Crippen molar-refractivity contribution in [2.24, 2.45) is 5.92 Å². The maximum atomic E-state index is 12.0. The summed E-state index contributed by atoms with van der Waals surface area (Å²) in [5.74, 6) is 0.337. The maximum absolute atomic E-state index is 12.0. The summed E-state index contributed by atoms with van der Waals surface area (Å²) in [4.78, 5) is 17.6. The van der Waals surface area contributed by atoms with Crippen molar-refractivity contribution < 1.29 is 4.79 Å². The first kappa shape index (κ1) is 13.5. The van der Waals surface area contributed by atoms with Crippen molar-refractivity contribution in [3.8, 4) is 0 Å². The Bertz CT molecular complexity index is 405. The summed E-state index contributed by atoms with van der Waals surface area (Å²) in [5.41, 5.74) is 0. The zero-order chi connectivity index (χ0) is 13.0. The zero-order valence-electron chi connectivity index (χ0n) is 11.0. The van der Waals surface area contributed by atoms with Gasteiger partial charge in [0.2, 0.25) is 5.91 Å². The van der Waals surface area contributed by atoms with Crippen LogP contribution in [-0.2, 0) is 17.8 Å². The van der Waals surface area contributed by atoms with Crippen LogP contribution in [0.1, 0.15) is 36.6 Å². The number of thiazole rings is 1. The Hall–Kier alpha value is -0.940. The largest absolute Gasteiger partial charge is 0.349 e. The second kappa shape index (κ2) is 6.29. The predicted molar refractivity (Wildman–Crippen MR) is 73.5 cm³/mol. The van der Waals surface area contributed by atoms with E-state index in [2.05, 4.69) is 29.5 Å². The third-order valence-corrected chi connectivity index (χ3v) is 4.50. The van der Waals surface area contributed by atoms with Gasteiger partial charge in [-0.15, -0.1) is 11.3 Å². The van der Waals surface area contributed by atoms with Gasteiger partial charge in [-0.05, 0) is 32.7 Å². The maximum Gasteiger partial charge on any atom is 0.223 e. The highest BCUT2D eigenvalue weighted by molar-refractivity contribution is 7.11. The molecule has 5 heteroatoms. The van der Waals surface area contributed by atoms with E-state index in [1.807, 2.05) is 6.20 Å². The van der Waals surface area contributed by atoms with E-state index in [9.17, 15) is 4.79 Å². The molecule has 1 aliphatic heterocycles. The van der Waals surface area contributed by atoms with Crippen LogP contribution >= 0.6 is 11.3 Å². The van der Waals surface area contributed by atoms with Crippen molar-refractivity contribution in [3.63, 3.8) is 0 Å². The van der Waals surface area contributed by atoms with Crippen LogP contribution in [0.15, 0.2) is 6.20 Å². The molecule has 2 atom stereocenters. The van der Waals surface area contributed by atoms with Crippen LogP contribution in [0.5, 0.6) is 0 Å². The number of hydrogen-bond donors (Lipinski definition) is 2. The molecule has 1 aromatic heterocycles. The minimum absolute atomic E-state index is 0.159. The number of hydrogen-bond acceptors (Lipinski definition) is 4. The van der Waals surface area contributed by atoms with Gasteiger partial charge in [0.15, 0.2) is 0 Å². The van der Waals surface area contributed by atoms with E-state index in [0.717, 1.165) is 30.8 Å². The Morgan fingerprint density at radius 2 is 2.50 bits per heavy atom. The number of aryl methyl sites for hydroxylation is 1. The molecule has 0 aromatic carbocycles. The highest BCUT2D eigenvalue weighted by atomic mass is 32.1. The van der Waals surface area contributed by atoms with Gasteiger partial charge in [-0.3, -0.25) is 4.79 Å². The SMILES string of the molecule is CCc1cnc(CNC(=O)[C@H]2CCN[C@@H](C)C2)s1. The van der Waals surface area contributed by atoms with Crippen LogP contribution in [0.25, 0.3) is 0 Å². The lowest BCUT2D eigenvalue weighted by Crippen LogP contribution is -2.42. The van der Waals surface area contributed by atoms with Gasteiger partial charge < -0.3 is 10.6 Å². The van der Waals surface area contributed by atoms with E-state index in [4.69, 9.17) is 0 Å².